The van der Waals surface area contributed by atoms with Gasteiger partial charge in [0, 0.05) is 18.9 Å². The highest BCUT2D eigenvalue weighted by atomic mass is 16.5. The Morgan fingerprint density at radius 1 is 1.61 bits per heavy atom. The van der Waals surface area contributed by atoms with Crippen LogP contribution in [0.3, 0.4) is 0 Å². The molecule has 98 valence electrons. The lowest BCUT2D eigenvalue weighted by atomic mass is 10.0. The number of nitrogens with two attached hydrogens (primary N) is 1. The first-order chi connectivity index (χ1) is 8.56. The monoisotopic (exact) mass is 250 g/mol. The molecule has 0 spiro atoms. The van der Waals surface area contributed by atoms with E-state index in [1.54, 1.807) is 17.2 Å². The number of pyridine rings is 1. The fraction of sp³-hybridized carbons (Fsp3) is 0.500. The van der Waals surface area contributed by atoms with Crippen LogP contribution < -0.4 is 11.3 Å². The maximum Gasteiger partial charge on any atom is 0.258 e. The minimum absolute atomic E-state index is 0.0793. The molecule has 0 atom stereocenters. The number of nitrogens with zero attached hydrogens (tertiary/aromatic N) is 2. The number of morpholine rings is 1. The van der Waals surface area contributed by atoms with E-state index < -0.39 is 0 Å². The van der Waals surface area contributed by atoms with Crippen LogP contribution in [0.25, 0.3) is 0 Å². The molecule has 6 heteroatoms. The van der Waals surface area contributed by atoms with Gasteiger partial charge in [-0.25, -0.2) is 0 Å². The van der Waals surface area contributed by atoms with E-state index in [0.717, 1.165) is 0 Å². The Morgan fingerprint density at radius 2 is 2.39 bits per heavy atom. The Morgan fingerprint density at radius 3 is 3.06 bits per heavy atom. The predicted molar refractivity (Wildman–Crippen MR) is 68.0 cm³/mol. The number of rotatable bonds is 2. The van der Waals surface area contributed by atoms with Gasteiger partial charge in [-0.3, -0.25) is 15.6 Å². The number of hydrazine groups is 1. The van der Waals surface area contributed by atoms with Crippen LogP contribution in [-0.2, 0) is 4.74 Å². The van der Waals surface area contributed by atoms with Gasteiger partial charge < -0.3 is 15.1 Å². The normalized spacial score (nSPS) is 18.5. The average Bonchev–Trinajstić information content (AvgIpc) is 2.37. The number of hydrogen-bond acceptors (Lipinski definition) is 5. The molecule has 18 heavy (non-hydrogen) atoms. The van der Waals surface area contributed by atoms with Gasteiger partial charge in [0.25, 0.3) is 5.91 Å². The van der Waals surface area contributed by atoms with Crippen molar-refractivity contribution in [3.63, 3.8) is 0 Å². The maximum atomic E-state index is 12.5. The van der Waals surface area contributed by atoms with Gasteiger partial charge in [-0.1, -0.05) is 0 Å². The van der Waals surface area contributed by atoms with E-state index in [1.165, 1.54) is 6.20 Å². The fourth-order valence-corrected chi connectivity index (χ4v) is 2.07. The standard InChI is InChI=1S/C12H18N4O2/c1-12(2)8-18-6-5-16(12)11(17)9-7-14-4-3-10(9)15-13/h3-4,7H,5-6,8,13H2,1-2H3,(H,14,15). The summed E-state index contributed by atoms with van der Waals surface area (Å²) in [5.74, 6) is 5.33. The summed E-state index contributed by atoms with van der Waals surface area (Å²) in [5, 5.41) is 0. The molecule has 3 N–H and O–H groups in total. The molecule has 1 saturated heterocycles. The molecule has 1 fully saturated rings. The number of aromatic nitrogens is 1. The fourth-order valence-electron chi connectivity index (χ4n) is 2.07. The maximum absolute atomic E-state index is 12.5. The minimum Gasteiger partial charge on any atom is -0.377 e. The van der Waals surface area contributed by atoms with Crippen molar-refractivity contribution in [3.8, 4) is 0 Å². The summed E-state index contributed by atoms with van der Waals surface area (Å²) in [4.78, 5) is 18.3. The lowest BCUT2D eigenvalue weighted by Gasteiger charge is -2.42. The molecule has 0 aromatic carbocycles. The molecule has 1 aromatic heterocycles. The van der Waals surface area contributed by atoms with Crippen molar-refractivity contribution in [2.24, 2.45) is 5.84 Å². The molecule has 2 rings (SSSR count). The first-order valence-corrected chi connectivity index (χ1v) is 5.86. The molecular weight excluding hydrogens is 232 g/mol. The Balaban J connectivity index is 2.30. The second-order valence-electron chi connectivity index (χ2n) is 4.89. The second kappa shape index (κ2) is 4.91. The Hall–Kier alpha value is -1.66. The quantitative estimate of drug-likeness (QED) is 0.594. The summed E-state index contributed by atoms with van der Waals surface area (Å²) in [6.45, 7) is 5.63. The van der Waals surface area contributed by atoms with Crippen molar-refractivity contribution in [2.75, 3.05) is 25.2 Å². The molecular formula is C12H18N4O2. The third kappa shape index (κ3) is 2.30. The van der Waals surface area contributed by atoms with Crippen molar-refractivity contribution in [1.82, 2.24) is 9.88 Å². The first-order valence-electron chi connectivity index (χ1n) is 5.86. The van der Waals surface area contributed by atoms with Gasteiger partial charge >= 0.3 is 0 Å². The smallest absolute Gasteiger partial charge is 0.258 e. The Kier molecular flexibility index (Phi) is 3.49. The van der Waals surface area contributed by atoms with E-state index in [0.29, 0.717) is 31.0 Å². The largest absolute Gasteiger partial charge is 0.377 e. The van der Waals surface area contributed by atoms with E-state index in [4.69, 9.17) is 10.6 Å². The second-order valence-corrected chi connectivity index (χ2v) is 4.89. The number of carbonyl (C=O) groups is 1. The summed E-state index contributed by atoms with van der Waals surface area (Å²) in [7, 11) is 0. The van der Waals surface area contributed by atoms with Crippen LogP contribution in [0.5, 0.6) is 0 Å². The van der Waals surface area contributed by atoms with E-state index in [9.17, 15) is 4.79 Å². The lowest BCUT2D eigenvalue weighted by molar-refractivity contribution is -0.0370. The number of carbonyl (C=O) groups excluding carboxylic acids is 1. The molecule has 1 aromatic rings. The number of ether oxygens (including phenoxy) is 1. The lowest BCUT2D eigenvalue weighted by Crippen LogP contribution is -2.55. The summed E-state index contributed by atoms with van der Waals surface area (Å²) < 4.78 is 5.41. The van der Waals surface area contributed by atoms with Crippen LogP contribution in [0.2, 0.25) is 0 Å². The van der Waals surface area contributed by atoms with Gasteiger partial charge in [0.1, 0.15) is 0 Å². The molecule has 1 aliphatic heterocycles. The average molecular weight is 250 g/mol. The summed E-state index contributed by atoms with van der Waals surface area (Å²) in [5.41, 5.74) is 3.26. The molecule has 1 amide bonds. The minimum atomic E-state index is -0.322. The zero-order valence-corrected chi connectivity index (χ0v) is 10.6. The van der Waals surface area contributed by atoms with Crippen molar-refractivity contribution >= 4 is 11.6 Å². The van der Waals surface area contributed by atoms with E-state index >= 15 is 0 Å². The third-order valence-electron chi connectivity index (χ3n) is 3.10. The SMILES string of the molecule is CC1(C)COCCN1C(=O)c1cnccc1NN. The zero-order chi connectivity index (χ0) is 13.2. The van der Waals surface area contributed by atoms with Crippen LogP contribution in [0.4, 0.5) is 5.69 Å². The van der Waals surface area contributed by atoms with Gasteiger partial charge in [0.05, 0.1) is 30.0 Å². The number of anilines is 1. The van der Waals surface area contributed by atoms with Crippen molar-refractivity contribution in [2.45, 2.75) is 19.4 Å². The molecule has 1 aliphatic rings. The van der Waals surface area contributed by atoms with Crippen LogP contribution in [0, 0.1) is 0 Å². The number of nitrogen functional groups attached to an aromatic ring is 1. The van der Waals surface area contributed by atoms with Crippen LogP contribution in [0.1, 0.15) is 24.2 Å². The van der Waals surface area contributed by atoms with Gasteiger partial charge in [-0.2, -0.15) is 0 Å². The molecule has 0 unspecified atom stereocenters. The van der Waals surface area contributed by atoms with E-state index in [1.807, 2.05) is 13.8 Å². The number of amides is 1. The van der Waals surface area contributed by atoms with Crippen LogP contribution in [-0.4, -0.2) is 41.1 Å². The van der Waals surface area contributed by atoms with Crippen molar-refractivity contribution in [1.29, 1.82) is 0 Å². The Bertz CT molecular complexity index is 447. The topological polar surface area (TPSA) is 80.5 Å². The Labute approximate surface area is 106 Å². The van der Waals surface area contributed by atoms with Crippen LogP contribution in [0.15, 0.2) is 18.5 Å². The van der Waals surface area contributed by atoms with Gasteiger partial charge in [0.2, 0.25) is 0 Å². The van der Waals surface area contributed by atoms with Gasteiger partial charge in [-0.15, -0.1) is 0 Å². The highest BCUT2D eigenvalue weighted by Gasteiger charge is 2.35. The highest BCUT2D eigenvalue weighted by Crippen LogP contribution is 2.24. The molecule has 2 heterocycles. The molecule has 0 saturated carbocycles. The zero-order valence-electron chi connectivity index (χ0n) is 10.6. The highest BCUT2D eigenvalue weighted by molar-refractivity contribution is 5.99. The van der Waals surface area contributed by atoms with Crippen LogP contribution >= 0.6 is 0 Å². The summed E-state index contributed by atoms with van der Waals surface area (Å²) in [6.07, 6.45) is 3.12. The summed E-state index contributed by atoms with van der Waals surface area (Å²) in [6, 6.07) is 1.68. The van der Waals surface area contributed by atoms with Crippen molar-refractivity contribution in [3.05, 3.63) is 24.0 Å². The van der Waals surface area contributed by atoms with Gasteiger partial charge in [-0.05, 0) is 19.9 Å². The molecule has 0 aliphatic carbocycles. The number of hydrogen-bond donors (Lipinski definition) is 2. The van der Waals surface area contributed by atoms with E-state index in [-0.39, 0.29) is 11.4 Å². The molecule has 6 nitrogen and oxygen atoms in total. The van der Waals surface area contributed by atoms with E-state index in [2.05, 4.69) is 10.4 Å². The molecule has 0 bridgehead atoms. The summed E-state index contributed by atoms with van der Waals surface area (Å²) >= 11 is 0. The first kappa shape index (κ1) is 12.8. The third-order valence-corrected chi connectivity index (χ3v) is 3.10. The predicted octanol–water partition coefficient (Wildman–Crippen LogP) is 0.618. The van der Waals surface area contributed by atoms with Gasteiger partial charge in [0.15, 0.2) is 0 Å². The van der Waals surface area contributed by atoms with Crippen molar-refractivity contribution < 1.29 is 9.53 Å². The molecule has 0 radical (unpaired) electrons. The number of nitrogens with one attached hydrogen (secondary N) is 1.